The van der Waals surface area contributed by atoms with Gasteiger partial charge in [-0.2, -0.15) is 0 Å². The number of hydrogen-bond donors (Lipinski definition) is 1. The molecule has 0 saturated heterocycles. The Balaban J connectivity index is 1.47. The zero-order chi connectivity index (χ0) is 25.5. The van der Waals surface area contributed by atoms with E-state index in [9.17, 15) is 9.59 Å². The number of carbonyl (C=O) groups is 2. The zero-order valence-electron chi connectivity index (χ0n) is 21.0. The van der Waals surface area contributed by atoms with Crippen LogP contribution in [0.2, 0.25) is 0 Å². The van der Waals surface area contributed by atoms with Gasteiger partial charge < -0.3 is 24.4 Å². The molecule has 1 heterocycles. The fourth-order valence-corrected chi connectivity index (χ4v) is 4.32. The van der Waals surface area contributed by atoms with Gasteiger partial charge >= 0.3 is 0 Å². The van der Waals surface area contributed by atoms with Crippen LogP contribution in [-0.4, -0.2) is 38.2 Å². The number of amides is 2. The molecule has 1 N–H and O–H groups in total. The number of benzene rings is 3. The smallest absolute Gasteiger partial charge is 0.258 e. The molecule has 0 atom stereocenters. The molecule has 0 fully saturated rings. The Morgan fingerprint density at radius 2 is 1.50 bits per heavy atom. The summed E-state index contributed by atoms with van der Waals surface area (Å²) in [6.45, 7) is 7.99. The summed E-state index contributed by atoms with van der Waals surface area (Å²) in [5.41, 5.74) is 4.11. The van der Waals surface area contributed by atoms with E-state index in [0.29, 0.717) is 61.3 Å². The van der Waals surface area contributed by atoms with Crippen molar-refractivity contribution in [3.8, 4) is 17.2 Å². The van der Waals surface area contributed by atoms with Gasteiger partial charge in [-0.25, -0.2) is 0 Å². The van der Waals surface area contributed by atoms with E-state index in [4.69, 9.17) is 14.2 Å². The highest BCUT2D eigenvalue weighted by Gasteiger charge is 2.26. The second-order valence-corrected chi connectivity index (χ2v) is 8.32. The standard InChI is InChI=1S/C29H32N2O5/c1-4-34-25-17-23(18-26(35-5-2)27(25)36-6-3)28(32)30-19-20-12-13-24-22(16-20)14-15-31(24)29(33)21-10-8-7-9-11-21/h7-13,16-18H,4-6,14-15,19H2,1-3H3,(H,30,32). The summed E-state index contributed by atoms with van der Waals surface area (Å²) >= 11 is 0. The van der Waals surface area contributed by atoms with Crippen molar-refractivity contribution < 1.29 is 23.8 Å². The number of hydrogen-bond acceptors (Lipinski definition) is 5. The molecular weight excluding hydrogens is 456 g/mol. The average Bonchev–Trinajstić information content (AvgIpc) is 3.32. The molecule has 1 aliphatic heterocycles. The third kappa shape index (κ3) is 5.46. The van der Waals surface area contributed by atoms with Crippen molar-refractivity contribution in [1.82, 2.24) is 5.32 Å². The first-order valence-corrected chi connectivity index (χ1v) is 12.4. The number of rotatable bonds is 10. The summed E-state index contributed by atoms with van der Waals surface area (Å²) in [7, 11) is 0. The van der Waals surface area contributed by atoms with E-state index >= 15 is 0 Å². The Morgan fingerprint density at radius 1 is 0.833 bits per heavy atom. The molecule has 7 heteroatoms. The maximum Gasteiger partial charge on any atom is 0.258 e. The third-order valence-electron chi connectivity index (χ3n) is 5.93. The summed E-state index contributed by atoms with van der Waals surface area (Å²) in [5.74, 6) is 1.24. The summed E-state index contributed by atoms with van der Waals surface area (Å²) in [6, 6.07) is 18.6. The van der Waals surface area contributed by atoms with E-state index < -0.39 is 0 Å². The molecule has 0 radical (unpaired) electrons. The molecule has 0 aliphatic carbocycles. The predicted molar refractivity (Wildman–Crippen MR) is 139 cm³/mol. The molecule has 0 bridgehead atoms. The van der Waals surface area contributed by atoms with Gasteiger partial charge in [0.1, 0.15) is 0 Å². The Kier molecular flexibility index (Phi) is 8.10. The van der Waals surface area contributed by atoms with Crippen molar-refractivity contribution in [3.63, 3.8) is 0 Å². The zero-order valence-corrected chi connectivity index (χ0v) is 21.0. The van der Waals surface area contributed by atoms with Gasteiger partial charge in [-0.1, -0.05) is 30.3 Å². The molecule has 188 valence electrons. The minimum Gasteiger partial charge on any atom is -0.490 e. The molecule has 4 rings (SSSR count). The Labute approximate surface area is 212 Å². The van der Waals surface area contributed by atoms with Crippen LogP contribution in [0.3, 0.4) is 0 Å². The van der Waals surface area contributed by atoms with E-state index in [1.165, 1.54) is 0 Å². The second-order valence-electron chi connectivity index (χ2n) is 8.32. The summed E-state index contributed by atoms with van der Waals surface area (Å²) < 4.78 is 17.2. The molecule has 36 heavy (non-hydrogen) atoms. The molecule has 0 unspecified atom stereocenters. The third-order valence-corrected chi connectivity index (χ3v) is 5.93. The largest absolute Gasteiger partial charge is 0.490 e. The fraction of sp³-hybridized carbons (Fsp3) is 0.310. The molecule has 0 saturated carbocycles. The van der Waals surface area contributed by atoms with E-state index in [0.717, 1.165) is 23.2 Å². The first-order chi connectivity index (χ1) is 17.5. The lowest BCUT2D eigenvalue weighted by molar-refractivity contribution is 0.0948. The SMILES string of the molecule is CCOc1cc(C(=O)NCc2ccc3c(c2)CCN3C(=O)c2ccccc2)cc(OCC)c1OCC. The highest BCUT2D eigenvalue weighted by Crippen LogP contribution is 2.39. The molecule has 3 aromatic rings. The van der Waals surface area contributed by atoms with Crippen molar-refractivity contribution in [3.05, 3.63) is 82.9 Å². The van der Waals surface area contributed by atoms with E-state index in [1.807, 2.05) is 68.1 Å². The Hall–Kier alpha value is -4.00. The van der Waals surface area contributed by atoms with Gasteiger partial charge in [-0.15, -0.1) is 0 Å². The fourth-order valence-electron chi connectivity index (χ4n) is 4.32. The van der Waals surface area contributed by atoms with E-state index in [-0.39, 0.29) is 11.8 Å². The molecule has 1 aliphatic rings. The second kappa shape index (κ2) is 11.6. The number of ether oxygens (including phenoxy) is 3. The molecular formula is C29H32N2O5. The average molecular weight is 489 g/mol. The maximum absolute atomic E-state index is 13.0. The van der Waals surface area contributed by atoms with Crippen molar-refractivity contribution in [1.29, 1.82) is 0 Å². The predicted octanol–water partition coefficient (Wildman–Crippen LogP) is 5.02. The minimum absolute atomic E-state index is 0.00103. The van der Waals surface area contributed by atoms with Crippen molar-refractivity contribution in [2.75, 3.05) is 31.3 Å². The van der Waals surface area contributed by atoms with Gasteiger partial charge in [-0.05, 0) is 68.7 Å². The molecule has 2 amide bonds. The first-order valence-electron chi connectivity index (χ1n) is 12.4. The molecule has 0 spiro atoms. The summed E-state index contributed by atoms with van der Waals surface area (Å²) in [4.78, 5) is 27.8. The van der Waals surface area contributed by atoms with Gasteiger partial charge in [-0.3, -0.25) is 9.59 Å². The van der Waals surface area contributed by atoms with Crippen LogP contribution in [-0.2, 0) is 13.0 Å². The normalized spacial score (nSPS) is 12.1. The molecule has 7 nitrogen and oxygen atoms in total. The van der Waals surface area contributed by atoms with Crippen LogP contribution in [0.4, 0.5) is 5.69 Å². The Morgan fingerprint density at radius 3 is 2.14 bits per heavy atom. The van der Waals surface area contributed by atoms with Gasteiger partial charge in [0.25, 0.3) is 11.8 Å². The van der Waals surface area contributed by atoms with Crippen molar-refractivity contribution in [2.24, 2.45) is 0 Å². The lowest BCUT2D eigenvalue weighted by Gasteiger charge is -2.18. The number of carbonyl (C=O) groups excluding carboxylic acids is 2. The van der Waals surface area contributed by atoms with Crippen LogP contribution >= 0.6 is 0 Å². The highest BCUT2D eigenvalue weighted by atomic mass is 16.5. The number of anilines is 1. The van der Waals surface area contributed by atoms with Crippen molar-refractivity contribution in [2.45, 2.75) is 33.7 Å². The van der Waals surface area contributed by atoms with Gasteiger partial charge in [0.05, 0.1) is 19.8 Å². The first kappa shape index (κ1) is 25.1. The maximum atomic E-state index is 13.0. The summed E-state index contributed by atoms with van der Waals surface area (Å²) in [5, 5.41) is 2.98. The lowest BCUT2D eigenvalue weighted by atomic mass is 10.1. The quantitative estimate of drug-likeness (QED) is 0.434. The van der Waals surface area contributed by atoms with Crippen LogP contribution in [0, 0.1) is 0 Å². The van der Waals surface area contributed by atoms with Crippen molar-refractivity contribution >= 4 is 17.5 Å². The van der Waals surface area contributed by atoms with Gasteiger partial charge in [0, 0.05) is 29.9 Å². The number of nitrogens with zero attached hydrogens (tertiary/aromatic N) is 1. The Bertz CT molecular complexity index is 1200. The van der Waals surface area contributed by atoms with Crippen LogP contribution in [0.5, 0.6) is 17.2 Å². The molecule has 0 aromatic heterocycles. The lowest BCUT2D eigenvalue weighted by Crippen LogP contribution is -2.28. The van der Waals surface area contributed by atoms with Gasteiger partial charge in [0.2, 0.25) is 5.75 Å². The van der Waals surface area contributed by atoms with E-state index in [1.54, 1.807) is 12.1 Å². The monoisotopic (exact) mass is 488 g/mol. The number of nitrogens with one attached hydrogen (secondary N) is 1. The molecule has 3 aromatic carbocycles. The van der Waals surface area contributed by atoms with E-state index in [2.05, 4.69) is 11.4 Å². The summed E-state index contributed by atoms with van der Waals surface area (Å²) in [6.07, 6.45) is 0.782. The van der Waals surface area contributed by atoms with Crippen LogP contribution in [0.1, 0.15) is 52.6 Å². The van der Waals surface area contributed by atoms with Crippen LogP contribution in [0.15, 0.2) is 60.7 Å². The van der Waals surface area contributed by atoms with Crippen LogP contribution < -0.4 is 24.4 Å². The number of fused-ring (bicyclic) bond motifs is 1. The minimum atomic E-state index is -0.235. The highest BCUT2D eigenvalue weighted by molar-refractivity contribution is 6.07. The van der Waals surface area contributed by atoms with Gasteiger partial charge in [0.15, 0.2) is 11.5 Å². The van der Waals surface area contributed by atoms with Crippen LogP contribution in [0.25, 0.3) is 0 Å². The topological polar surface area (TPSA) is 77.1 Å².